The third-order valence-corrected chi connectivity index (χ3v) is 3.99. The first-order chi connectivity index (χ1) is 7.31. The predicted molar refractivity (Wildman–Crippen MR) is 59.3 cm³/mol. The van der Waals surface area contributed by atoms with Gasteiger partial charge in [-0.05, 0) is 43.2 Å². The minimum Gasteiger partial charge on any atom is -0.375 e. The van der Waals surface area contributed by atoms with Crippen molar-refractivity contribution >= 4 is 11.6 Å². The normalized spacial score (nSPS) is 22.9. The molecule has 0 N–H and O–H groups in total. The van der Waals surface area contributed by atoms with E-state index < -0.39 is 0 Å². The molecule has 0 aliphatic heterocycles. The molecule has 1 heterocycles. The Balaban J connectivity index is 2.17. The first-order valence-electron chi connectivity index (χ1n) is 5.54. The Bertz CT molecular complexity index is 417. The van der Waals surface area contributed by atoms with Gasteiger partial charge in [-0.2, -0.15) is 0 Å². The molecule has 2 aliphatic carbocycles. The Hall–Kier alpha value is -0.600. The van der Waals surface area contributed by atoms with Crippen molar-refractivity contribution in [1.82, 2.24) is 4.98 Å². The van der Waals surface area contributed by atoms with Crippen LogP contribution in [0.1, 0.15) is 41.5 Å². The van der Waals surface area contributed by atoms with Crippen LogP contribution >= 0.6 is 11.6 Å². The molecule has 0 aromatic carbocycles. The zero-order valence-electron chi connectivity index (χ0n) is 8.85. The van der Waals surface area contributed by atoms with E-state index in [1.807, 2.05) is 0 Å². The van der Waals surface area contributed by atoms with Crippen molar-refractivity contribution in [2.45, 2.75) is 38.2 Å². The summed E-state index contributed by atoms with van der Waals surface area (Å²) < 4.78 is 5.43. The van der Waals surface area contributed by atoms with Crippen molar-refractivity contribution in [3.63, 3.8) is 0 Å². The van der Waals surface area contributed by atoms with Crippen molar-refractivity contribution in [2.75, 3.05) is 7.11 Å². The lowest BCUT2D eigenvalue weighted by atomic mass is 10.1. The highest BCUT2D eigenvalue weighted by molar-refractivity contribution is 6.32. The SMILES string of the molecule is COC1CCc2c1nc1c(c2Cl)CCC1. The summed E-state index contributed by atoms with van der Waals surface area (Å²) in [5.41, 5.74) is 4.85. The molecule has 2 nitrogen and oxygen atoms in total. The molecule has 0 spiro atoms. The van der Waals surface area contributed by atoms with Crippen molar-refractivity contribution < 1.29 is 4.74 Å². The molecule has 80 valence electrons. The lowest BCUT2D eigenvalue weighted by molar-refractivity contribution is 0.102. The standard InChI is InChI=1S/C12H14ClNO/c1-15-10-6-5-8-11(13)7-3-2-4-9(7)14-12(8)10/h10H,2-6H2,1H3. The molecule has 0 bridgehead atoms. The second-order valence-electron chi connectivity index (χ2n) is 4.33. The number of aromatic nitrogens is 1. The maximum absolute atomic E-state index is 6.43. The summed E-state index contributed by atoms with van der Waals surface area (Å²) in [6.45, 7) is 0. The predicted octanol–water partition coefficient (Wildman–Crippen LogP) is 2.86. The van der Waals surface area contributed by atoms with Gasteiger partial charge in [0.15, 0.2) is 0 Å². The van der Waals surface area contributed by atoms with Crippen LogP contribution in [0.5, 0.6) is 0 Å². The fourth-order valence-corrected chi connectivity index (χ4v) is 3.14. The third-order valence-electron chi connectivity index (χ3n) is 3.53. The van der Waals surface area contributed by atoms with E-state index in [4.69, 9.17) is 21.3 Å². The minimum absolute atomic E-state index is 0.170. The summed E-state index contributed by atoms with van der Waals surface area (Å²) >= 11 is 6.43. The Morgan fingerprint density at radius 2 is 2.13 bits per heavy atom. The molecular weight excluding hydrogens is 210 g/mol. The Kier molecular flexibility index (Phi) is 2.22. The molecule has 3 rings (SSSR count). The fourth-order valence-electron chi connectivity index (χ4n) is 2.74. The van der Waals surface area contributed by atoms with Gasteiger partial charge in [0.1, 0.15) is 0 Å². The summed E-state index contributed by atoms with van der Waals surface area (Å²) in [6, 6.07) is 0. The van der Waals surface area contributed by atoms with E-state index >= 15 is 0 Å². The van der Waals surface area contributed by atoms with Gasteiger partial charge in [0, 0.05) is 12.8 Å². The van der Waals surface area contributed by atoms with Gasteiger partial charge in [-0.15, -0.1) is 0 Å². The second kappa shape index (κ2) is 3.46. The Morgan fingerprint density at radius 1 is 1.27 bits per heavy atom. The average Bonchev–Trinajstić information content (AvgIpc) is 2.83. The number of halogens is 1. The van der Waals surface area contributed by atoms with Crippen molar-refractivity contribution in [1.29, 1.82) is 0 Å². The summed E-state index contributed by atoms with van der Waals surface area (Å²) in [5.74, 6) is 0. The maximum Gasteiger partial charge on any atom is 0.0997 e. The lowest BCUT2D eigenvalue weighted by Crippen LogP contribution is -2.02. The Morgan fingerprint density at radius 3 is 2.93 bits per heavy atom. The topological polar surface area (TPSA) is 22.1 Å². The quantitative estimate of drug-likeness (QED) is 0.731. The van der Waals surface area contributed by atoms with Gasteiger partial charge >= 0.3 is 0 Å². The fraction of sp³-hybridized carbons (Fsp3) is 0.583. The number of methoxy groups -OCH3 is 1. The number of hydrogen-bond acceptors (Lipinski definition) is 2. The molecule has 15 heavy (non-hydrogen) atoms. The number of ether oxygens (including phenoxy) is 1. The largest absolute Gasteiger partial charge is 0.375 e. The number of pyridine rings is 1. The highest BCUT2D eigenvalue weighted by Gasteiger charge is 2.30. The molecule has 0 saturated heterocycles. The number of nitrogens with zero attached hydrogens (tertiary/aromatic N) is 1. The molecule has 0 fully saturated rings. The maximum atomic E-state index is 6.43. The van der Waals surface area contributed by atoms with Crippen LogP contribution in [0.2, 0.25) is 5.02 Å². The van der Waals surface area contributed by atoms with E-state index in [-0.39, 0.29) is 6.10 Å². The van der Waals surface area contributed by atoms with Gasteiger partial charge < -0.3 is 4.74 Å². The van der Waals surface area contributed by atoms with Gasteiger partial charge in [0.2, 0.25) is 0 Å². The molecular formula is C12H14ClNO. The van der Waals surface area contributed by atoms with E-state index in [1.54, 1.807) is 7.11 Å². The average molecular weight is 224 g/mol. The number of rotatable bonds is 1. The third kappa shape index (κ3) is 1.31. The Labute approximate surface area is 94.6 Å². The summed E-state index contributed by atoms with van der Waals surface area (Å²) in [4.78, 5) is 4.74. The molecule has 0 radical (unpaired) electrons. The summed E-state index contributed by atoms with van der Waals surface area (Å²) in [7, 11) is 1.75. The van der Waals surface area contributed by atoms with Gasteiger partial charge in [-0.25, -0.2) is 0 Å². The monoisotopic (exact) mass is 223 g/mol. The van der Waals surface area contributed by atoms with Crippen LogP contribution < -0.4 is 0 Å². The first kappa shape index (κ1) is 9.61. The van der Waals surface area contributed by atoms with Gasteiger partial charge in [-0.1, -0.05) is 11.6 Å². The van der Waals surface area contributed by atoms with Crippen LogP contribution in [0.25, 0.3) is 0 Å². The molecule has 1 atom stereocenters. The zero-order valence-corrected chi connectivity index (χ0v) is 9.60. The van der Waals surface area contributed by atoms with Crippen LogP contribution in [0, 0.1) is 0 Å². The molecule has 3 heteroatoms. The highest BCUT2D eigenvalue weighted by atomic mass is 35.5. The second-order valence-corrected chi connectivity index (χ2v) is 4.71. The molecule has 0 saturated carbocycles. The van der Waals surface area contributed by atoms with Gasteiger partial charge in [-0.3, -0.25) is 4.98 Å². The smallest absolute Gasteiger partial charge is 0.0997 e. The van der Waals surface area contributed by atoms with Crippen LogP contribution in [0.15, 0.2) is 0 Å². The molecule has 2 aliphatic rings. The van der Waals surface area contributed by atoms with Crippen LogP contribution in [0.4, 0.5) is 0 Å². The number of aryl methyl sites for hydroxylation is 1. The number of hydrogen-bond donors (Lipinski definition) is 0. The van der Waals surface area contributed by atoms with Crippen LogP contribution in [-0.4, -0.2) is 12.1 Å². The van der Waals surface area contributed by atoms with Gasteiger partial charge in [0.05, 0.1) is 16.8 Å². The zero-order chi connectivity index (χ0) is 10.4. The van der Waals surface area contributed by atoms with E-state index in [2.05, 4.69) is 0 Å². The molecule has 0 amide bonds. The van der Waals surface area contributed by atoms with Crippen LogP contribution in [0.3, 0.4) is 0 Å². The van der Waals surface area contributed by atoms with Crippen molar-refractivity contribution in [3.8, 4) is 0 Å². The van der Waals surface area contributed by atoms with E-state index in [0.717, 1.165) is 36.4 Å². The van der Waals surface area contributed by atoms with Crippen molar-refractivity contribution in [2.24, 2.45) is 0 Å². The number of fused-ring (bicyclic) bond motifs is 2. The highest BCUT2D eigenvalue weighted by Crippen LogP contribution is 2.40. The molecule has 1 unspecified atom stereocenters. The van der Waals surface area contributed by atoms with Gasteiger partial charge in [0.25, 0.3) is 0 Å². The van der Waals surface area contributed by atoms with E-state index in [9.17, 15) is 0 Å². The summed E-state index contributed by atoms with van der Waals surface area (Å²) in [5, 5.41) is 0.979. The van der Waals surface area contributed by atoms with E-state index in [0.29, 0.717) is 0 Å². The molecule has 1 aromatic rings. The lowest BCUT2D eigenvalue weighted by Gasteiger charge is -2.11. The van der Waals surface area contributed by atoms with E-state index in [1.165, 1.54) is 23.2 Å². The van der Waals surface area contributed by atoms with Crippen LogP contribution in [-0.2, 0) is 24.0 Å². The van der Waals surface area contributed by atoms with Crippen molar-refractivity contribution in [3.05, 3.63) is 27.5 Å². The summed E-state index contributed by atoms with van der Waals surface area (Å²) in [6.07, 6.45) is 5.60. The first-order valence-corrected chi connectivity index (χ1v) is 5.92. The molecule has 1 aromatic heterocycles. The minimum atomic E-state index is 0.170.